The fourth-order valence-corrected chi connectivity index (χ4v) is 2.87. The van der Waals surface area contributed by atoms with Crippen molar-refractivity contribution in [3.8, 4) is 0 Å². The lowest BCUT2D eigenvalue weighted by Crippen LogP contribution is -2.48. The lowest BCUT2D eigenvalue weighted by Gasteiger charge is -2.41. The van der Waals surface area contributed by atoms with E-state index in [9.17, 15) is 9.59 Å². The molecule has 1 rings (SSSR count). The zero-order valence-electron chi connectivity index (χ0n) is 12.9. The highest BCUT2D eigenvalue weighted by atomic mass is 16.5. The number of methoxy groups -OCH3 is 1. The zero-order chi connectivity index (χ0) is 14.6. The number of hydrogen-bond acceptors (Lipinski definition) is 3. The summed E-state index contributed by atoms with van der Waals surface area (Å²) in [4.78, 5) is 25.8. The molecule has 1 fully saturated rings. The first-order valence-electron chi connectivity index (χ1n) is 7.17. The molecule has 4 nitrogen and oxygen atoms in total. The van der Waals surface area contributed by atoms with Crippen LogP contribution in [0.5, 0.6) is 0 Å². The fourth-order valence-electron chi connectivity index (χ4n) is 2.87. The molecule has 0 spiro atoms. The van der Waals surface area contributed by atoms with Crippen LogP contribution < -0.4 is 0 Å². The molecule has 1 atom stereocenters. The van der Waals surface area contributed by atoms with E-state index in [4.69, 9.17) is 0 Å². The van der Waals surface area contributed by atoms with E-state index in [0.29, 0.717) is 0 Å². The Morgan fingerprint density at radius 2 is 1.95 bits per heavy atom. The van der Waals surface area contributed by atoms with Gasteiger partial charge in [0, 0.05) is 12.0 Å². The molecule has 1 aliphatic carbocycles. The molecule has 0 aromatic rings. The Morgan fingerprint density at radius 3 is 2.42 bits per heavy atom. The second-order valence-electron chi connectivity index (χ2n) is 6.42. The maximum atomic E-state index is 12.7. The summed E-state index contributed by atoms with van der Waals surface area (Å²) in [6, 6.07) is 0.0179. The van der Waals surface area contributed by atoms with Gasteiger partial charge in [-0.15, -0.1) is 0 Å². The minimum Gasteiger partial charge on any atom is -0.468 e. The van der Waals surface area contributed by atoms with E-state index in [2.05, 4.69) is 18.6 Å². The standard InChI is InChI=1S/C15H27NO3/c1-11(2)16(10-13(17)19-5)14(18)12-8-6-7-9-15(12,3)4/h11-12H,6-10H2,1-5H3. The Morgan fingerprint density at radius 1 is 1.32 bits per heavy atom. The maximum Gasteiger partial charge on any atom is 0.325 e. The number of amides is 1. The Balaban J connectivity index is 2.83. The number of carbonyl (C=O) groups is 2. The minimum atomic E-state index is -0.351. The van der Waals surface area contributed by atoms with Crippen LogP contribution in [0, 0.1) is 11.3 Å². The van der Waals surface area contributed by atoms with Crippen LogP contribution in [0.4, 0.5) is 0 Å². The summed E-state index contributed by atoms with van der Waals surface area (Å²) in [5.74, 6) is -0.228. The van der Waals surface area contributed by atoms with Crippen LogP contribution in [0.25, 0.3) is 0 Å². The van der Waals surface area contributed by atoms with Gasteiger partial charge in [-0.1, -0.05) is 26.7 Å². The van der Waals surface area contributed by atoms with Gasteiger partial charge in [0.1, 0.15) is 6.54 Å². The van der Waals surface area contributed by atoms with Crippen molar-refractivity contribution in [1.29, 1.82) is 0 Å². The first-order chi connectivity index (χ1) is 8.79. The van der Waals surface area contributed by atoms with Crippen LogP contribution in [0.1, 0.15) is 53.4 Å². The van der Waals surface area contributed by atoms with Crippen molar-refractivity contribution in [2.24, 2.45) is 11.3 Å². The van der Waals surface area contributed by atoms with Gasteiger partial charge in [0.05, 0.1) is 7.11 Å². The SMILES string of the molecule is COC(=O)CN(C(=O)C1CCCCC1(C)C)C(C)C. The summed E-state index contributed by atoms with van der Waals surface area (Å²) in [6.45, 7) is 8.25. The Bertz CT molecular complexity index is 336. The average molecular weight is 269 g/mol. The lowest BCUT2D eigenvalue weighted by molar-refractivity contribution is -0.152. The van der Waals surface area contributed by atoms with E-state index in [0.717, 1.165) is 19.3 Å². The summed E-state index contributed by atoms with van der Waals surface area (Å²) in [5.41, 5.74) is 0.0264. The van der Waals surface area contributed by atoms with Crippen molar-refractivity contribution in [1.82, 2.24) is 4.90 Å². The molecule has 1 unspecified atom stereocenters. The number of hydrogen-bond donors (Lipinski definition) is 0. The van der Waals surface area contributed by atoms with Gasteiger partial charge in [-0.05, 0) is 32.1 Å². The van der Waals surface area contributed by atoms with Crippen molar-refractivity contribution < 1.29 is 14.3 Å². The summed E-state index contributed by atoms with van der Waals surface area (Å²) in [5, 5.41) is 0. The quantitative estimate of drug-likeness (QED) is 0.737. The highest BCUT2D eigenvalue weighted by Gasteiger charge is 2.40. The van der Waals surface area contributed by atoms with Crippen molar-refractivity contribution in [3.05, 3.63) is 0 Å². The minimum absolute atomic E-state index is 0.0179. The van der Waals surface area contributed by atoms with Gasteiger partial charge < -0.3 is 9.64 Å². The first kappa shape index (κ1) is 16.0. The average Bonchev–Trinajstić information content (AvgIpc) is 2.33. The number of esters is 1. The van der Waals surface area contributed by atoms with Crippen molar-refractivity contribution in [2.75, 3.05) is 13.7 Å². The Labute approximate surface area is 116 Å². The number of rotatable bonds is 4. The van der Waals surface area contributed by atoms with E-state index >= 15 is 0 Å². The molecule has 0 aliphatic heterocycles. The van der Waals surface area contributed by atoms with Crippen molar-refractivity contribution in [2.45, 2.75) is 59.4 Å². The highest BCUT2D eigenvalue weighted by molar-refractivity contribution is 5.84. The zero-order valence-corrected chi connectivity index (χ0v) is 12.9. The van der Waals surface area contributed by atoms with E-state index in [1.54, 1.807) is 4.90 Å². The maximum absolute atomic E-state index is 12.7. The Hall–Kier alpha value is -1.06. The van der Waals surface area contributed by atoms with Crippen molar-refractivity contribution in [3.63, 3.8) is 0 Å². The fraction of sp³-hybridized carbons (Fsp3) is 0.867. The third kappa shape index (κ3) is 3.95. The molecule has 1 aliphatic rings. The van der Waals surface area contributed by atoms with Crippen LogP contribution in [-0.2, 0) is 14.3 Å². The van der Waals surface area contributed by atoms with Gasteiger partial charge in [-0.25, -0.2) is 0 Å². The predicted molar refractivity (Wildman–Crippen MR) is 74.6 cm³/mol. The van der Waals surface area contributed by atoms with E-state index in [-0.39, 0.29) is 35.8 Å². The predicted octanol–water partition coefficient (Wildman–Crippen LogP) is 2.61. The van der Waals surface area contributed by atoms with Crippen molar-refractivity contribution >= 4 is 11.9 Å². The monoisotopic (exact) mass is 269 g/mol. The van der Waals surface area contributed by atoms with Crippen LogP contribution in [0.2, 0.25) is 0 Å². The molecule has 110 valence electrons. The summed E-state index contributed by atoms with van der Waals surface area (Å²) < 4.78 is 4.69. The number of carbonyl (C=O) groups excluding carboxylic acids is 2. The normalized spacial score (nSPS) is 22.1. The van der Waals surface area contributed by atoms with Gasteiger partial charge in [0.25, 0.3) is 0 Å². The summed E-state index contributed by atoms with van der Waals surface area (Å²) >= 11 is 0. The van der Waals surface area contributed by atoms with E-state index in [1.807, 2.05) is 13.8 Å². The lowest BCUT2D eigenvalue weighted by atomic mass is 9.68. The highest BCUT2D eigenvalue weighted by Crippen LogP contribution is 2.41. The third-order valence-corrected chi connectivity index (χ3v) is 4.24. The topological polar surface area (TPSA) is 46.6 Å². The van der Waals surface area contributed by atoms with Gasteiger partial charge in [0.15, 0.2) is 0 Å². The van der Waals surface area contributed by atoms with Crippen LogP contribution >= 0.6 is 0 Å². The second kappa shape index (κ2) is 6.40. The molecule has 0 bridgehead atoms. The molecule has 4 heteroatoms. The van der Waals surface area contributed by atoms with Gasteiger partial charge in [-0.3, -0.25) is 9.59 Å². The molecular formula is C15H27NO3. The molecule has 0 N–H and O–H groups in total. The first-order valence-corrected chi connectivity index (χ1v) is 7.17. The number of nitrogens with zero attached hydrogens (tertiary/aromatic N) is 1. The molecule has 0 heterocycles. The molecule has 19 heavy (non-hydrogen) atoms. The van der Waals surface area contributed by atoms with Crippen LogP contribution in [0.15, 0.2) is 0 Å². The summed E-state index contributed by atoms with van der Waals surface area (Å²) in [7, 11) is 1.36. The van der Waals surface area contributed by atoms with Gasteiger partial charge in [-0.2, -0.15) is 0 Å². The van der Waals surface area contributed by atoms with E-state index < -0.39 is 0 Å². The molecule has 1 amide bonds. The van der Waals surface area contributed by atoms with Gasteiger partial charge >= 0.3 is 5.97 Å². The molecule has 0 aromatic carbocycles. The summed E-state index contributed by atoms with van der Waals surface area (Å²) in [6.07, 6.45) is 4.29. The number of ether oxygens (including phenoxy) is 1. The van der Waals surface area contributed by atoms with Crippen LogP contribution in [0.3, 0.4) is 0 Å². The second-order valence-corrected chi connectivity index (χ2v) is 6.42. The molecule has 1 saturated carbocycles. The Kier molecular flexibility index (Phi) is 5.39. The molecule has 0 saturated heterocycles. The van der Waals surface area contributed by atoms with E-state index in [1.165, 1.54) is 13.5 Å². The largest absolute Gasteiger partial charge is 0.468 e. The molecule has 0 radical (unpaired) electrons. The smallest absolute Gasteiger partial charge is 0.325 e. The molecule has 0 aromatic heterocycles. The van der Waals surface area contributed by atoms with Crippen LogP contribution in [-0.4, -0.2) is 36.5 Å². The third-order valence-electron chi connectivity index (χ3n) is 4.24. The van der Waals surface area contributed by atoms with Gasteiger partial charge in [0.2, 0.25) is 5.91 Å². The molecular weight excluding hydrogens is 242 g/mol.